The van der Waals surface area contributed by atoms with Gasteiger partial charge in [-0.2, -0.15) is 0 Å². The normalized spacial score (nSPS) is 9.78. The molecule has 0 spiro atoms. The van der Waals surface area contributed by atoms with Gasteiger partial charge in [-0.3, -0.25) is 4.79 Å². The van der Waals surface area contributed by atoms with Crippen molar-refractivity contribution in [1.29, 1.82) is 0 Å². The first-order valence-corrected chi connectivity index (χ1v) is 7.54. The van der Waals surface area contributed by atoms with Gasteiger partial charge in [0.05, 0.1) is 6.61 Å². The topological polar surface area (TPSA) is 64.3 Å². The lowest BCUT2D eigenvalue weighted by Crippen LogP contribution is -2.22. The highest BCUT2D eigenvalue weighted by molar-refractivity contribution is 5.94. The maximum absolute atomic E-state index is 12.0. The maximum atomic E-state index is 12.0. The number of rotatable bonds is 7. The van der Waals surface area contributed by atoms with E-state index in [0.29, 0.717) is 17.8 Å². The Morgan fingerprint density at radius 3 is 2.61 bits per heavy atom. The van der Waals surface area contributed by atoms with Gasteiger partial charge in [-0.25, -0.2) is 0 Å². The van der Waals surface area contributed by atoms with Crippen LogP contribution in [0.2, 0.25) is 0 Å². The van der Waals surface area contributed by atoms with Crippen molar-refractivity contribution in [2.75, 3.05) is 12.3 Å². The van der Waals surface area contributed by atoms with Crippen molar-refractivity contribution in [2.24, 2.45) is 0 Å². The van der Waals surface area contributed by atoms with Crippen molar-refractivity contribution in [2.45, 2.75) is 26.3 Å². The van der Waals surface area contributed by atoms with Gasteiger partial charge in [-0.15, -0.1) is 12.4 Å². The van der Waals surface area contributed by atoms with Crippen LogP contribution in [-0.4, -0.2) is 12.5 Å². The molecular weight excluding hydrogens is 312 g/mol. The fourth-order valence-electron chi connectivity index (χ4n) is 2.00. The van der Waals surface area contributed by atoms with E-state index in [4.69, 9.17) is 10.5 Å². The molecule has 2 aromatic rings. The van der Waals surface area contributed by atoms with Gasteiger partial charge in [0.25, 0.3) is 5.91 Å². The highest BCUT2D eigenvalue weighted by Crippen LogP contribution is 2.14. The third-order valence-corrected chi connectivity index (χ3v) is 3.29. The van der Waals surface area contributed by atoms with Crippen LogP contribution in [0.4, 0.5) is 5.69 Å². The van der Waals surface area contributed by atoms with Crippen LogP contribution in [0.3, 0.4) is 0 Å². The van der Waals surface area contributed by atoms with Crippen LogP contribution in [-0.2, 0) is 6.54 Å². The Labute approximate surface area is 143 Å². The second-order valence-corrected chi connectivity index (χ2v) is 5.15. The van der Waals surface area contributed by atoms with Gasteiger partial charge in [0, 0.05) is 17.8 Å². The van der Waals surface area contributed by atoms with Crippen LogP contribution >= 0.6 is 12.4 Å². The number of hydrogen-bond donors (Lipinski definition) is 2. The van der Waals surface area contributed by atoms with Crippen molar-refractivity contribution in [3.05, 3.63) is 59.7 Å². The molecule has 2 aromatic carbocycles. The molecule has 0 atom stereocenters. The van der Waals surface area contributed by atoms with E-state index in [1.165, 1.54) is 0 Å². The summed E-state index contributed by atoms with van der Waals surface area (Å²) < 4.78 is 5.67. The summed E-state index contributed by atoms with van der Waals surface area (Å²) in [7, 11) is 0. The van der Waals surface area contributed by atoms with Crippen LogP contribution in [0.25, 0.3) is 0 Å². The number of nitrogens with one attached hydrogen (secondary N) is 1. The standard InChI is InChI=1S/C18H22N2O2.ClH/c1-2-3-11-22-17-6-4-5-14(12-17)13-20-18(21)15-7-9-16(19)10-8-15;/h4-10,12H,2-3,11,13,19H2,1H3,(H,20,21);1H. The minimum Gasteiger partial charge on any atom is -0.494 e. The third kappa shape index (κ3) is 6.20. The lowest BCUT2D eigenvalue weighted by Gasteiger charge is -2.09. The number of anilines is 1. The molecule has 0 unspecified atom stereocenters. The molecule has 0 radical (unpaired) electrons. The molecule has 124 valence electrons. The van der Waals surface area contributed by atoms with E-state index in [-0.39, 0.29) is 18.3 Å². The number of carbonyl (C=O) groups is 1. The van der Waals surface area contributed by atoms with Gasteiger partial charge in [0.1, 0.15) is 5.75 Å². The molecule has 0 aliphatic heterocycles. The Bertz CT molecular complexity index is 615. The van der Waals surface area contributed by atoms with Crippen LogP contribution in [0, 0.1) is 0 Å². The minimum absolute atomic E-state index is 0. The Balaban J connectivity index is 0.00000264. The smallest absolute Gasteiger partial charge is 0.251 e. The van der Waals surface area contributed by atoms with E-state index >= 15 is 0 Å². The number of nitrogen functional groups attached to an aromatic ring is 1. The third-order valence-electron chi connectivity index (χ3n) is 3.29. The fourth-order valence-corrected chi connectivity index (χ4v) is 2.00. The average Bonchev–Trinajstić information content (AvgIpc) is 2.54. The number of amides is 1. The SMILES string of the molecule is CCCCOc1cccc(CNC(=O)c2ccc(N)cc2)c1.Cl. The summed E-state index contributed by atoms with van der Waals surface area (Å²) in [6, 6.07) is 14.7. The predicted octanol–water partition coefficient (Wildman–Crippen LogP) is 3.80. The predicted molar refractivity (Wildman–Crippen MR) is 96.1 cm³/mol. The van der Waals surface area contributed by atoms with E-state index in [2.05, 4.69) is 12.2 Å². The van der Waals surface area contributed by atoms with Crippen LogP contribution < -0.4 is 15.8 Å². The summed E-state index contributed by atoms with van der Waals surface area (Å²) in [6.45, 7) is 3.32. The van der Waals surface area contributed by atoms with Gasteiger partial charge in [-0.05, 0) is 48.4 Å². The van der Waals surface area contributed by atoms with Gasteiger partial charge in [0.15, 0.2) is 0 Å². The number of nitrogens with two attached hydrogens (primary N) is 1. The molecule has 0 bridgehead atoms. The first-order valence-electron chi connectivity index (χ1n) is 7.54. The zero-order valence-corrected chi connectivity index (χ0v) is 14.1. The molecule has 2 rings (SSSR count). The number of halogens is 1. The van der Waals surface area contributed by atoms with Gasteiger partial charge < -0.3 is 15.8 Å². The van der Waals surface area contributed by atoms with Crippen molar-refractivity contribution < 1.29 is 9.53 Å². The van der Waals surface area contributed by atoms with E-state index < -0.39 is 0 Å². The summed E-state index contributed by atoms with van der Waals surface area (Å²) >= 11 is 0. The average molecular weight is 335 g/mol. The molecule has 5 heteroatoms. The van der Waals surface area contributed by atoms with Crippen LogP contribution in [0.1, 0.15) is 35.7 Å². The van der Waals surface area contributed by atoms with E-state index in [0.717, 1.165) is 30.8 Å². The lowest BCUT2D eigenvalue weighted by molar-refractivity contribution is 0.0951. The second kappa shape index (κ2) is 9.74. The molecular formula is C18H23ClN2O2. The molecule has 0 fully saturated rings. The van der Waals surface area contributed by atoms with Gasteiger partial charge in [0.2, 0.25) is 0 Å². The van der Waals surface area contributed by atoms with E-state index in [9.17, 15) is 4.79 Å². The highest BCUT2D eigenvalue weighted by Gasteiger charge is 2.05. The van der Waals surface area contributed by atoms with Crippen LogP contribution in [0.5, 0.6) is 5.75 Å². The number of carbonyl (C=O) groups excluding carboxylic acids is 1. The van der Waals surface area contributed by atoms with Gasteiger partial charge >= 0.3 is 0 Å². The summed E-state index contributed by atoms with van der Waals surface area (Å²) in [6.07, 6.45) is 2.15. The molecule has 1 amide bonds. The van der Waals surface area contributed by atoms with Crippen molar-refractivity contribution in [3.63, 3.8) is 0 Å². The summed E-state index contributed by atoms with van der Waals surface area (Å²) in [5, 5.41) is 2.89. The second-order valence-electron chi connectivity index (χ2n) is 5.15. The number of benzene rings is 2. The molecule has 0 aliphatic carbocycles. The first-order chi connectivity index (χ1) is 10.7. The molecule has 0 saturated heterocycles. The zero-order chi connectivity index (χ0) is 15.8. The molecule has 0 heterocycles. The van der Waals surface area contributed by atoms with Crippen molar-refractivity contribution >= 4 is 24.0 Å². The summed E-state index contributed by atoms with van der Waals surface area (Å²) in [5.74, 6) is 0.727. The number of hydrogen-bond acceptors (Lipinski definition) is 3. The Hall–Kier alpha value is -2.20. The van der Waals surface area contributed by atoms with Gasteiger partial charge in [-0.1, -0.05) is 25.5 Å². The van der Waals surface area contributed by atoms with E-state index in [1.54, 1.807) is 24.3 Å². The molecule has 0 saturated carbocycles. The Morgan fingerprint density at radius 1 is 1.17 bits per heavy atom. The summed E-state index contributed by atoms with van der Waals surface area (Å²) in [5.41, 5.74) is 7.87. The molecule has 0 aromatic heterocycles. The largest absolute Gasteiger partial charge is 0.494 e. The van der Waals surface area contributed by atoms with Crippen molar-refractivity contribution in [1.82, 2.24) is 5.32 Å². The zero-order valence-electron chi connectivity index (χ0n) is 13.2. The monoisotopic (exact) mass is 334 g/mol. The molecule has 4 nitrogen and oxygen atoms in total. The number of unbranched alkanes of at least 4 members (excludes halogenated alkanes) is 1. The Morgan fingerprint density at radius 2 is 1.91 bits per heavy atom. The maximum Gasteiger partial charge on any atom is 0.251 e. The quantitative estimate of drug-likeness (QED) is 0.598. The van der Waals surface area contributed by atoms with Crippen molar-refractivity contribution in [3.8, 4) is 5.75 Å². The Kier molecular flexibility index (Phi) is 7.98. The fraction of sp³-hybridized carbons (Fsp3) is 0.278. The summed E-state index contributed by atoms with van der Waals surface area (Å²) in [4.78, 5) is 12.0. The molecule has 23 heavy (non-hydrogen) atoms. The molecule has 3 N–H and O–H groups in total. The first kappa shape index (κ1) is 18.8. The lowest BCUT2D eigenvalue weighted by atomic mass is 10.1. The minimum atomic E-state index is -0.114. The van der Waals surface area contributed by atoms with Crippen LogP contribution in [0.15, 0.2) is 48.5 Å². The van der Waals surface area contributed by atoms with E-state index in [1.807, 2.05) is 24.3 Å². The molecule has 0 aliphatic rings. The number of ether oxygens (including phenoxy) is 1. The highest BCUT2D eigenvalue weighted by atomic mass is 35.5.